The number of hydrogen-bond donors (Lipinski definition) is 1. The van der Waals surface area contributed by atoms with Gasteiger partial charge in [0.15, 0.2) is 0 Å². The number of hydrogen-bond acceptors (Lipinski definition) is 4. The van der Waals surface area contributed by atoms with Crippen LogP contribution in [0.15, 0.2) is 45.9 Å². The monoisotopic (exact) mass is 372 g/mol. The van der Waals surface area contributed by atoms with Gasteiger partial charge in [0.1, 0.15) is 16.5 Å². The fourth-order valence-corrected chi connectivity index (χ4v) is 4.16. The van der Waals surface area contributed by atoms with Gasteiger partial charge in [0, 0.05) is 11.6 Å². The fourth-order valence-electron chi connectivity index (χ4n) is 2.90. The minimum atomic E-state index is -3.98. The molecule has 8 heteroatoms. The van der Waals surface area contributed by atoms with Crippen LogP contribution in [0.4, 0.5) is 4.39 Å². The van der Waals surface area contributed by atoms with Crippen LogP contribution < -0.4 is 4.72 Å². The molecular formula is C16H18ClFN2O3S. The van der Waals surface area contributed by atoms with E-state index in [0.717, 1.165) is 38.1 Å². The largest absolute Gasteiger partial charge is 0.468 e. The number of likely N-dealkylation sites (tertiary alicyclic amines) is 1. The average Bonchev–Trinajstić information content (AvgIpc) is 3.20. The van der Waals surface area contributed by atoms with E-state index in [9.17, 15) is 12.8 Å². The highest BCUT2D eigenvalue weighted by Crippen LogP contribution is 2.26. The molecule has 3 rings (SSSR count). The average molecular weight is 373 g/mol. The second kappa shape index (κ2) is 7.23. The van der Waals surface area contributed by atoms with Crippen molar-refractivity contribution in [1.29, 1.82) is 0 Å². The fraction of sp³-hybridized carbons (Fsp3) is 0.375. The molecule has 0 amide bonds. The van der Waals surface area contributed by atoms with Gasteiger partial charge in [-0.15, -0.1) is 0 Å². The van der Waals surface area contributed by atoms with Crippen LogP contribution in [-0.2, 0) is 10.0 Å². The quantitative estimate of drug-likeness (QED) is 0.845. The van der Waals surface area contributed by atoms with Gasteiger partial charge in [-0.25, -0.2) is 17.5 Å². The van der Waals surface area contributed by atoms with Crippen molar-refractivity contribution in [3.8, 4) is 0 Å². The molecule has 24 heavy (non-hydrogen) atoms. The summed E-state index contributed by atoms with van der Waals surface area (Å²) in [6.45, 7) is 1.86. The van der Waals surface area contributed by atoms with Crippen molar-refractivity contribution in [2.24, 2.45) is 0 Å². The van der Waals surface area contributed by atoms with Gasteiger partial charge in [-0.05, 0) is 56.3 Å². The maximum absolute atomic E-state index is 13.9. The van der Waals surface area contributed by atoms with Crippen molar-refractivity contribution in [1.82, 2.24) is 9.62 Å². The molecule has 1 aliphatic rings. The first-order chi connectivity index (χ1) is 11.5. The van der Waals surface area contributed by atoms with Crippen molar-refractivity contribution >= 4 is 21.6 Å². The Morgan fingerprint density at radius 2 is 2.04 bits per heavy atom. The first-order valence-corrected chi connectivity index (χ1v) is 9.56. The van der Waals surface area contributed by atoms with Crippen molar-refractivity contribution in [3.63, 3.8) is 0 Å². The Balaban J connectivity index is 1.78. The number of halogens is 2. The summed E-state index contributed by atoms with van der Waals surface area (Å²) in [5.74, 6) is -0.179. The number of benzene rings is 1. The normalized spacial score (nSPS) is 17.2. The molecular weight excluding hydrogens is 355 g/mol. The summed E-state index contributed by atoms with van der Waals surface area (Å²) in [5, 5.41) is 0.150. The van der Waals surface area contributed by atoms with Crippen LogP contribution in [0, 0.1) is 5.82 Å². The van der Waals surface area contributed by atoms with E-state index in [1.807, 2.05) is 6.07 Å². The molecule has 1 saturated heterocycles. The van der Waals surface area contributed by atoms with Gasteiger partial charge in [-0.1, -0.05) is 11.6 Å². The standard InChI is InChI=1S/C16H18ClFN2O3S/c17-12-5-6-16(13(18)10-12)24(21,22)19-11-14(15-4-3-9-23-15)20-7-1-2-8-20/h3-6,9-10,14,19H,1-2,7-8,11H2. The third-order valence-corrected chi connectivity index (χ3v) is 5.80. The molecule has 130 valence electrons. The molecule has 1 aliphatic heterocycles. The summed E-state index contributed by atoms with van der Waals surface area (Å²) >= 11 is 5.67. The summed E-state index contributed by atoms with van der Waals surface area (Å²) in [5.41, 5.74) is 0. The lowest BCUT2D eigenvalue weighted by Crippen LogP contribution is -2.36. The van der Waals surface area contributed by atoms with Crippen LogP contribution in [0.1, 0.15) is 24.6 Å². The Kier molecular flexibility index (Phi) is 5.24. The lowest BCUT2D eigenvalue weighted by Gasteiger charge is -2.26. The second-order valence-corrected chi connectivity index (χ2v) is 7.87. The van der Waals surface area contributed by atoms with Crippen molar-refractivity contribution in [2.45, 2.75) is 23.8 Å². The molecule has 2 heterocycles. The maximum Gasteiger partial charge on any atom is 0.243 e. The predicted molar refractivity (Wildman–Crippen MR) is 88.9 cm³/mol. The molecule has 5 nitrogen and oxygen atoms in total. The topological polar surface area (TPSA) is 62.6 Å². The first-order valence-electron chi connectivity index (χ1n) is 7.69. The van der Waals surface area contributed by atoms with E-state index < -0.39 is 20.7 Å². The molecule has 1 aromatic heterocycles. The zero-order valence-electron chi connectivity index (χ0n) is 12.9. The van der Waals surface area contributed by atoms with E-state index in [4.69, 9.17) is 16.0 Å². The van der Waals surface area contributed by atoms with E-state index in [1.54, 1.807) is 12.3 Å². The van der Waals surface area contributed by atoms with Crippen molar-refractivity contribution in [3.05, 3.63) is 53.2 Å². The molecule has 0 bridgehead atoms. The Bertz CT molecular complexity index is 790. The molecule has 0 aliphatic carbocycles. The van der Waals surface area contributed by atoms with Crippen LogP contribution in [0.5, 0.6) is 0 Å². The van der Waals surface area contributed by atoms with Crippen LogP contribution in [0.3, 0.4) is 0 Å². The highest BCUT2D eigenvalue weighted by atomic mass is 35.5. The van der Waals surface area contributed by atoms with Crippen LogP contribution in [0.2, 0.25) is 5.02 Å². The van der Waals surface area contributed by atoms with Gasteiger partial charge in [0.25, 0.3) is 0 Å². The smallest absolute Gasteiger partial charge is 0.243 e. The Morgan fingerprint density at radius 3 is 2.67 bits per heavy atom. The zero-order chi connectivity index (χ0) is 17.2. The Labute approximate surface area is 145 Å². The Morgan fingerprint density at radius 1 is 1.29 bits per heavy atom. The van der Waals surface area contributed by atoms with Crippen LogP contribution >= 0.6 is 11.6 Å². The molecule has 2 aromatic rings. The number of furan rings is 1. The van der Waals surface area contributed by atoms with Crippen molar-refractivity contribution < 1.29 is 17.2 Å². The number of sulfonamides is 1. The molecule has 0 spiro atoms. The molecule has 1 unspecified atom stereocenters. The molecule has 0 radical (unpaired) electrons. The van der Waals surface area contributed by atoms with E-state index in [1.165, 1.54) is 6.07 Å². The third-order valence-electron chi connectivity index (χ3n) is 4.10. The van der Waals surface area contributed by atoms with Gasteiger partial charge < -0.3 is 4.42 Å². The second-order valence-electron chi connectivity index (χ2n) is 5.70. The van der Waals surface area contributed by atoms with E-state index in [-0.39, 0.29) is 17.6 Å². The predicted octanol–water partition coefficient (Wildman–Crippen LogP) is 3.19. The number of nitrogens with one attached hydrogen (secondary N) is 1. The summed E-state index contributed by atoms with van der Waals surface area (Å²) in [6.07, 6.45) is 3.69. The zero-order valence-corrected chi connectivity index (χ0v) is 14.5. The van der Waals surface area contributed by atoms with Crippen LogP contribution in [0.25, 0.3) is 0 Å². The summed E-state index contributed by atoms with van der Waals surface area (Å²) in [7, 11) is -3.98. The minimum Gasteiger partial charge on any atom is -0.468 e. The van der Waals surface area contributed by atoms with Gasteiger partial charge >= 0.3 is 0 Å². The summed E-state index contributed by atoms with van der Waals surface area (Å²) in [6, 6.07) is 6.88. The maximum atomic E-state index is 13.9. The van der Waals surface area contributed by atoms with Gasteiger partial charge in [-0.2, -0.15) is 0 Å². The number of rotatable bonds is 6. The summed E-state index contributed by atoms with van der Waals surface area (Å²) < 4.78 is 46.7. The Hall–Kier alpha value is -1.41. The van der Waals surface area contributed by atoms with Gasteiger partial charge in [0.2, 0.25) is 10.0 Å². The number of nitrogens with zero attached hydrogens (tertiary/aromatic N) is 1. The molecule has 1 N–H and O–H groups in total. The summed E-state index contributed by atoms with van der Waals surface area (Å²) in [4.78, 5) is 1.76. The first kappa shape index (κ1) is 17.4. The third kappa shape index (κ3) is 3.80. The SMILES string of the molecule is O=S(=O)(NCC(c1ccco1)N1CCCC1)c1ccc(Cl)cc1F. The highest BCUT2D eigenvalue weighted by molar-refractivity contribution is 7.89. The van der Waals surface area contributed by atoms with E-state index >= 15 is 0 Å². The van der Waals surface area contributed by atoms with E-state index in [0.29, 0.717) is 5.76 Å². The highest BCUT2D eigenvalue weighted by Gasteiger charge is 2.28. The van der Waals surface area contributed by atoms with Gasteiger partial charge in [0.05, 0.1) is 12.3 Å². The molecule has 1 atom stereocenters. The lowest BCUT2D eigenvalue weighted by atomic mass is 10.2. The lowest BCUT2D eigenvalue weighted by molar-refractivity contribution is 0.216. The minimum absolute atomic E-state index is 0.109. The van der Waals surface area contributed by atoms with Gasteiger partial charge in [-0.3, -0.25) is 4.90 Å². The van der Waals surface area contributed by atoms with Crippen LogP contribution in [-0.4, -0.2) is 33.0 Å². The molecule has 1 fully saturated rings. The van der Waals surface area contributed by atoms with E-state index in [2.05, 4.69) is 9.62 Å². The molecule has 0 saturated carbocycles. The van der Waals surface area contributed by atoms with Crippen molar-refractivity contribution in [2.75, 3.05) is 19.6 Å². The molecule has 1 aromatic carbocycles.